The van der Waals surface area contributed by atoms with Crippen LogP contribution >= 0.6 is 0 Å². The summed E-state index contributed by atoms with van der Waals surface area (Å²) in [5, 5.41) is 0. The molecule has 1 atom stereocenters. The third-order valence-corrected chi connectivity index (χ3v) is 14.0. The van der Waals surface area contributed by atoms with E-state index in [9.17, 15) is 14.4 Å². The van der Waals surface area contributed by atoms with Crippen LogP contribution in [0.3, 0.4) is 0 Å². The average molecular weight is 1080 g/mol. The van der Waals surface area contributed by atoms with Gasteiger partial charge in [-0.2, -0.15) is 0 Å². The van der Waals surface area contributed by atoms with Crippen molar-refractivity contribution in [2.24, 2.45) is 0 Å². The average Bonchev–Trinajstić information content (AvgIpc) is 3.44. The lowest BCUT2D eigenvalue weighted by Gasteiger charge is -2.18. The smallest absolute Gasteiger partial charge is 0.306 e. The van der Waals surface area contributed by atoms with Gasteiger partial charge in [-0.05, 0) is 122 Å². The first-order valence-electron chi connectivity index (χ1n) is 32.9. The monoisotopic (exact) mass is 1080 g/mol. The van der Waals surface area contributed by atoms with Gasteiger partial charge in [0.25, 0.3) is 0 Å². The molecular weight excluding hydrogens is 961 g/mol. The van der Waals surface area contributed by atoms with Crippen LogP contribution in [-0.4, -0.2) is 37.2 Å². The highest BCUT2D eigenvalue weighted by Crippen LogP contribution is 2.16. The minimum atomic E-state index is -0.790. The molecule has 78 heavy (non-hydrogen) atoms. The van der Waals surface area contributed by atoms with Gasteiger partial charge in [0.2, 0.25) is 0 Å². The Bertz CT molecular complexity index is 1570. The Morgan fingerprint density at radius 3 is 0.833 bits per heavy atom. The summed E-state index contributed by atoms with van der Waals surface area (Å²) < 4.78 is 16.9. The molecule has 0 saturated carbocycles. The fourth-order valence-electron chi connectivity index (χ4n) is 9.05. The van der Waals surface area contributed by atoms with Gasteiger partial charge < -0.3 is 14.2 Å². The minimum absolute atomic E-state index is 0.0860. The van der Waals surface area contributed by atoms with E-state index in [1.165, 1.54) is 135 Å². The first kappa shape index (κ1) is 74.1. The number of carbonyl (C=O) groups excluding carboxylic acids is 3. The molecule has 0 amide bonds. The van der Waals surface area contributed by atoms with Gasteiger partial charge in [-0.15, -0.1) is 0 Å². The number of rotatable bonds is 59. The minimum Gasteiger partial charge on any atom is -0.462 e. The van der Waals surface area contributed by atoms with E-state index in [-0.39, 0.29) is 31.1 Å². The molecule has 0 rings (SSSR count). The van der Waals surface area contributed by atoms with Crippen LogP contribution in [0.4, 0.5) is 0 Å². The molecule has 0 radical (unpaired) electrons. The number of esters is 3. The Hall–Kier alpha value is -3.93. The number of hydrogen-bond acceptors (Lipinski definition) is 6. The van der Waals surface area contributed by atoms with E-state index < -0.39 is 6.10 Å². The van der Waals surface area contributed by atoms with Gasteiger partial charge in [-0.25, -0.2) is 0 Å². The zero-order valence-corrected chi connectivity index (χ0v) is 51.2. The number of ether oxygens (including phenoxy) is 3. The quantitative estimate of drug-likeness (QED) is 0.0261. The van der Waals surface area contributed by atoms with Crippen LogP contribution in [0.1, 0.15) is 310 Å². The molecule has 0 aromatic rings. The molecule has 0 aromatic carbocycles. The molecular formula is C72H122O6. The summed E-state index contributed by atoms with van der Waals surface area (Å²) in [6.45, 7) is 6.48. The molecule has 0 fully saturated rings. The third-order valence-electron chi connectivity index (χ3n) is 14.0. The van der Waals surface area contributed by atoms with Gasteiger partial charge in [0.05, 0.1) is 0 Å². The summed E-state index contributed by atoms with van der Waals surface area (Å²) in [6, 6.07) is 0. The lowest BCUT2D eigenvalue weighted by molar-refractivity contribution is -0.167. The van der Waals surface area contributed by atoms with E-state index in [4.69, 9.17) is 14.2 Å². The van der Waals surface area contributed by atoms with Crippen LogP contribution in [0.5, 0.6) is 0 Å². The maximum atomic E-state index is 12.9. The Morgan fingerprint density at radius 2 is 0.513 bits per heavy atom. The summed E-state index contributed by atoms with van der Waals surface area (Å²) in [5.74, 6) is -0.902. The van der Waals surface area contributed by atoms with E-state index in [0.29, 0.717) is 19.3 Å². The molecule has 446 valence electrons. The fraction of sp³-hybridized carbons (Fsp3) is 0.708. The van der Waals surface area contributed by atoms with E-state index in [1.54, 1.807) is 0 Å². The normalized spacial score (nSPS) is 12.8. The van der Waals surface area contributed by atoms with Crippen molar-refractivity contribution in [3.63, 3.8) is 0 Å². The largest absolute Gasteiger partial charge is 0.462 e. The lowest BCUT2D eigenvalue weighted by Crippen LogP contribution is -2.30. The number of allylic oxidation sites excluding steroid dienone is 18. The van der Waals surface area contributed by atoms with Crippen molar-refractivity contribution in [1.29, 1.82) is 0 Å². The molecule has 0 aliphatic carbocycles. The molecule has 1 unspecified atom stereocenters. The molecule has 0 saturated heterocycles. The molecule has 0 heterocycles. The Kier molecular flexibility index (Phi) is 62.3. The van der Waals surface area contributed by atoms with Gasteiger partial charge in [0.15, 0.2) is 6.10 Å². The van der Waals surface area contributed by atoms with Crippen LogP contribution in [0.25, 0.3) is 0 Å². The number of carbonyl (C=O) groups is 3. The van der Waals surface area contributed by atoms with E-state index in [2.05, 4.69) is 130 Å². The predicted molar refractivity (Wildman–Crippen MR) is 339 cm³/mol. The van der Waals surface area contributed by atoms with Crippen molar-refractivity contribution in [3.8, 4) is 0 Å². The maximum absolute atomic E-state index is 12.9. The summed E-state index contributed by atoms with van der Waals surface area (Å²) >= 11 is 0. The van der Waals surface area contributed by atoms with Crippen LogP contribution < -0.4 is 0 Å². The Morgan fingerprint density at radius 1 is 0.269 bits per heavy atom. The highest BCUT2D eigenvalue weighted by atomic mass is 16.6. The SMILES string of the molecule is CC/C=C\C/C=C\C/C=C\C/C=C\C/C=C\C/C=C\CCCCCCCCCCCCCCC(=O)OCC(COC(=O)CCCCCCC/C=C\C/C=C\CCCC)OC(=O)CCCCCCC/C=C\CCCCCCCC. The molecule has 0 N–H and O–H groups in total. The fourth-order valence-corrected chi connectivity index (χ4v) is 9.05. The highest BCUT2D eigenvalue weighted by Gasteiger charge is 2.19. The molecule has 0 aliphatic rings. The second-order valence-corrected chi connectivity index (χ2v) is 21.6. The van der Waals surface area contributed by atoms with Crippen LogP contribution in [0, 0.1) is 0 Å². The predicted octanol–water partition coefficient (Wildman–Crippen LogP) is 22.6. The van der Waals surface area contributed by atoms with Crippen molar-refractivity contribution in [2.45, 2.75) is 316 Å². The van der Waals surface area contributed by atoms with Gasteiger partial charge in [0, 0.05) is 19.3 Å². The van der Waals surface area contributed by atoms with Gasteiger partial charge in [-0.1, -0.05) is 278 Å². The van der Waals surface area contributed by atoms with Crippen LogP contribution in [0.2, 0.25) is 0 Å². The maximum Gasteiger partial charge on any atom is 0.306 e. The topological polar surface area (TPSA) is 78.9 Å². The van der Waals surface area contributed by atoms with Gasteiger partial charge >= 0.3 is 17.9 Å². The second kappa shape index (κ2) is 65.6. The lowest BCUT2D eigenvalue weighted by atomic mass is 10.0. The second-order valence-electron chi connectivity index (χ2n) is 21.6. The summed E-state index contributed by atoms with van der Waals surface area (Å²) in [4.78, 5) is 38.3. The highest BCUT2D eigenvalue weighted by molar-refractivity contribution is 5.71. The molecule has 0 bridgehead atoms. The molecule has 0 aromatic heterocycles. The van der Waals surface area contributed by atoms with Gasteiger partial charge in [-0.3, -0.25) is 14.4 Å². The van der Waals surface area contributed by atoms with E-state index in [1.807, 2.05) is 0 Å². The molecule has 6 heteroatoms. The Labute approximate surface area is 482 Å². The Balaban J connectivity index is 4.25. The number of hydrogen-bond donors (Lipinski definition) is 0. The van der Waals surface area contributed by atoms with Crippen LogP contribution in [-0.2, 0) is 28.6 Å². The van der Waals surface area contributed by atoms with Crippen molar-refractivity contribution < 1.29 is 28.6 Å². The van der Waals surface area contributed by atoms with Crippen molar-refractivity contribution in [2.75, 3.05) is 13.2 Å². The molecule has 0 spiro atoms. The van der Waals surface area contributed by atoms with E-state index in [0.717, 1.165) is 135 Å². The molecule has 0 aliphatic heterocycles. The first-order valence-corrected chi connectivity index (χ1v) is 32.9. The summed E-state index contributed by atoms with van der Waals surface area (Å²) in [7, 11) is 0. The zero-order valence-electron chi connectivity index (χ0n) is 51.2. The standard InChI is InChI=1S/C72H122O6/c1-4-7-10-13-16-19-22-25-28-29-30-31-32-33-34-35-36-37-38-39-40-41-42-43-45-47-50-53-56-59-62-65-71(74)77-68-69(67-76-70(73)64-61-58-55-52-49-46-27-24-21-18-15-12-9-6-3)78-72(75)66-63-60-57-54-51-48-44-26-23-20-17-14-11-8-5-2/h7,10,15-16,18-19,24-28,30-31,33-34,36-37,44,69H,4-6,8-9,11-14,17,20-23,29,32,35,38-43,45-68H2,1-3H3/b10-7-,18-15-,19-16-,27-24-,28-25-,31-30-,34-33-,37-36-,44-26-. The van der Waals surface area contributed by atoms with E-state index >= 15 is 0 Å². The summed E-state index contributed by atoms with van der Waals surface area (Å²) in [5.41, 5.74) is 0. The summed E-state index contributed by atoms with van der Waals surface area (Å²) in [6.07, 6.45) is 89.6. The number of unbranched alkanes of at least 4 members (excludes halogenated alkanes) is 30. The molecule has 6 nitrogen and oxygen atoms in total. The third kappa shape index (κ3) is 62.9. The van der Waals surface area contributed by atoms with Crippen molar-refractivity contribution in [3.05, 3.63) is 109 Å². The van der Waals surface area contributed by atoms with Crippen LogP contribution in [0.15, 0.2) is 109 Å². The van der Waals surface area contributed by atoms with Crippen molar-refractivity contribution in [1.82, 2.24) is 0 Å². The van der Waals surface area contributed by atoms with Gasteiger partial charge in [0.1, 0.15) is 13.2 Å². The first-order chi connectivity index (χ1) is 38.5. The zero-order chi connectivity index (χ0) is 56.4. The van der Waals surface area contributed by atoms with Crippen molar-refractivity contribution >= 4 is 17.9 Å².